The summed E-state index contributed by atoms with van der Waals surface area (Å²) in [5.41, 5.74) is 0.432. The lowest BCUT2D eigenvalue weighted by Gasteiger charge is -2.39. The van der Waals surface area contributed by atoms with Crippen molar-refractivity contribution in [1.82, 2.24) is 4.90 Å². The number of nitrogens with zero attached hydrogens (tertiary/aromatic N) is 2. The molecule has 26 heavy (non-hydrogen) atoms. The molecular weight excluding hydrogens is 336 g/mol. The van der Waals surface area contributed by atoms with Crippen LogP contribution in [0.15, 0.2) is 24.3 Å². The van der Waals surface area contributed by atoms with E-state index in [1.807, 2.05) is 4.90 Å². The number of fused-ring (bicyclic) bond motifs is 2. The van der Waals surface area contributed by atoms with Crippen LogP contribution in [0.5, 0.6) is 0 Å². The Morgan fingerprint density at radius 3 is 2.50 bits per heavy atom. The summed E-state index contributed by atoms with van der Waals surface area (Å²) >= 11 is 0. The van der Waals surface area contributed by atoms with Crippen molar-refractivity contribution >= 4 is 17.6 Å². The van der Waals surface area contributed by atoms with Crippen LogP contribution in [-0.4, -0.2) is 40.9 Å². The molecule has 2 atom stereocenters. The summed E-state index contributed by atoms with van der Waals surface area (Å²) in [4.78, 5) is 36.6. The lowest BCUT2D eigenvalue weighted by atomic mass is 9.65. The zero-order chi connectivity index (χ0) is 19.1. The van der Waals surface area contributed by atoms with E-state index in [-0.39, 0.29) is 40.6 Å². The van der Waals surface area contributed by atoms with Gasteiger partial charge < -0.3 is 9.64 Å². The van der Waals surface area contributed by atoms with Crippen molar-refractivity contribution in [2.75, 3.05) is 13.2 Å². The highest BCUT2D eigenvalue weighted by Gasteiger charge is 2.50. The molecule has 140 valence electrons. The van der Waals surface area contributed by atoms with Crippen LogP contribution < -0.4 is 0 Å². The third-order valence-corrected chi connectivity index (χ3v) is 5.38. The third-order valence-electron chi connectivity index (χ3n) is 5.38. The van der Waals surface area contributed by atoms with Gasteiger partial charge in [-0.05, 0) is 42.2 Å². The number of nitro benzene ring substituents is 1. The largest absolute Gasteiger partial charge is 0.452 e. The second-order valence-corrected chi connectivity index (χ2v) is 8.62. The lowest BCUT2D eigenvalue weighted by molar-refractivity contribution is -0.384. The number of carbonyl (C=O) groups excluding carboxylic acids is 2. The maximum absolute atomic E-state index is 12.6. The average molecular weight is 360 g/mol. The zero-order valence-electron chi connectivity index (χ0n) is 15.4. The first kappa shape index (κ1) is 18.4. The molecule has 7 nitrogen and oxygen atoms in total. The number of benzene rings is 1. The SMILES string of the molecule is CC1(C)C[C@@H]2C[C@@](C)(CN2C(=O)COC(=O)c2ccc([N+](=O)[O-])cc2)C1. The number of carbonyl (C=O) groups is 2. The number of nitro groups is 1. The van der Waals surface area contributed by atoms with Crippen LogP contribution in [0, 0.1) is 20.9 Å². The molecule has 0 radical (unpaired) electrons. The molecule has 2 aliphatic rings. The fourth-order valence-electron chi connectivity index (χ4n) is 4.76. The first-order valence-corrected chi connectivity index (χ1v) is 8.80. The van der Waals surface area contributed by atoms with Crippen LogP contribution in [0.1, 0.15) is 50.4 Å². The molecule has 1 heterocycles. The molecule has 1 aliphatic carbocycles. The van der Waals surface area contributed by atoms with Gasteiger partial charge >= 0.3 is 5.97 Å². The summed E-state index contributed by atoms with van der Waals surface area (Å²) in [6, 6.07) is 5.35. The molecule has 0 spiro atoms. The van der Waals surface area contributed by atoms with Crippen molar-refractivity contribution in [1.29, 1.82) is 0 Å². The first-order valence-electron chi connectivity index (χ1n) is 8.80. The zero-order valence-corrected chi connectivity index (χ0v) is 15.4. The van der Waals surface area contributed by atoms with Crippen molar-refractivity contribution < 1.29 is 19.2 Å². The van der Waals surface area contributed by atoms with E-state index in [9.17, 15) is 19.7 Å². The summed E-state index contributed by atoms with van der Waals surface area (Å²) in [6.07, 6.45) is 3.05. The first-order chi connectivity index (χ1) is 12.1. The van der Waals surface area contributed by atoms with Gasteiger partial charge in [0.05, 0.1) is 10.5 Å². The van der Waals surface area contributed by atoms with Crippen molar-refractivity contribution in [3.63, 3.8) is 0 Å². The Morgan fingerprint density at radius 1 is 1.23 bits per heavy atom. The van der Waals surface area contributed by atoms with Crippen molar-refractivity contribution in [2.24, 2.45) is 10.8 Å². The topological polar surface area (TPSA) is 89.8 Å². The minimum Gasteiger partial charge on any atom is -0.452 e. The van der Waals surface area contributed by atoms with E-state index in [2.05, 4.69) is 20.8 Å². The van der Waals surface area contributed by atoms with Gasteiger partial charge in [0.1, 0.15) is 0 Å². The maximum Gasteiger partial charge on any atom is 0.338 e. The Hall–Kier alpha value is -2.44. The summed E-state index contributed by atoms with van der Waals surface area (Å²) in [5.74, 6) is -0.825. The van der Waals surface area contributed by atoms with Crippen LogP contribution >= 0.6 is 0 Å². The molecule has 0 aromatic heterocycles. The molecule has 0 N–H and O–H groups in total. The monoisotopic (exact) mass is 360 g/mol. The number of non-ortho nitro benzene ring substituents is 1. The van der Waals surface area contributed by atoms with Crippen LogP contribution in [0.3, 0.4) is 0 Å². The quantitative estimate of drug-likeness (QED) is 0.467. The molecule has 1 aliphatic heterocycles. The van der Waals surface area contributed by atoms with Gasteiger partial charge in [0.25, 0.3) is 11.6 Å². The van der Waals surface area contributed by atoms with E-state index in [0.29, 0.717) is 6.54 Å². The Bertz CT molecular complexity index is 743. The standard InChI is InChI=1S/C19H24N2O5/c1-18(2)8-15-9-19(3,11-18)12-20(15)16(22)10-26-17(23)13-4-6-14(7-5-13)21(24)25/h4-7,15H,8-12H2,1-3H3/t15-,19-/m1/s1. The van der Waals surface area contributed by atoms with Gasteiger partial charge in [-0.25, -0.2) is 4.79 Å². The van der Waals surface area contributed by atoms with Crippen LogP contribution in [0.25, 0.3) is 0 Å². The maximum atomic E-state index is 12.6. The van der Waals surface area contributed by atoms with Crippen LogP contribution in [0.4, 0.5) is 5.69 Å². The second kappa shape index (κ2) is 6.37. The Kier molecular flexibility index (Phi) is 4.50. The van der Waals surface area contributed by atoms with Gasteiger partial charge in [0.2, 0.25) is 0 Å². The van der Waals surface area contributed by atoms with Gasteiger partial charge in [0, 0.05) is 24.7 Å². The number of hydrogen-bond acceptors (Lipinski definition) is 5. The van der Waals surface area contributed by atoms with E-state index in [0.717, 1.165) is 19.3 Å². The minimum atomic E-state index is -0.651. The number of amides is 1. The summed E-state index contributed by atoms with van der Waals surface area (Å²) in [5, 5.41) is 10.6. The fourth-order valence-corrected chi connectivity index (χ4v) is 4.76. The third kappa shape index (κ3) is 3.71. The molecular formula is C19H24N2O5. The van der Waals surface area contributed by atoms with Crippen LogP contribution in [0.2, 0.25) is 0 Å². The molecule has 0 unspecified atom stereocenters. The molecule has 1 saturated heterocycles. The number of likely N-dealkylation sites (tertiary alicyclic amines) is 1. The van der Waals surface area contributed by atoms with Gasteiger partial charge in [-0.3, -0.25) is 14.9 Å². The van der Waals surface area contributed by atoms with Crippen molar-refractivity contribution in [2.45, 2.75) is 46.1 Å². The Labute approximate surface area is 152 Å². The van der Waals surface area contributed by atoms with Crippen molar-refractivity contribution in [3.05, 3.63) is 39.9 Å². The number of ether oxygens (including phenoxy) is 1. The lowest BCUT2D eigenvalue weighted by Crippen LogP contribution is -2.39. The van der Waals surface area contributed by atoms with Gasteiger partial charge in [0.15, 0.2) is 6.61 Å². The molecule has 2 bridgehead atoms. The molecule has 1 aromatic rings. The van der Waals surface area contributed by atoms with E-state index in [4.69, 9.17) is 4.74 Å². The molecule has 1 saturated carbocycles. The average Bonchev–Trinajstić information content (AvgIpc) is 2.81. The highest BCUT2D eigenvalue weighted by atomic mass is 16.6. The van der Waals surface area contributed by atoms with E-state index < -0.39 is 10.9 Å². The number of rotatable bonds is 4. The van der Waals surface area contributed by atoms with E-state index in [1.54, 1.807) is 0 Å². The normalized spacial score (nSPS) is 26.4. The Morgan fingerprint density at radius 2 is 1.88 bits per heavy atom. The number of hydrogen-bond donors (Lipinski definition) is 0. The second-order valence-electron chi connectivity index (χ2n) is 8.62. The number of esters is 1. The summed E-state index contributed by atoms with van der Waals surface area (Å²) in [7, 11) is 0. The highest BCUT2D eigenvalue weighted by Crippen LogP contribution is 2.52. The predicted molar refractivity (Wildman–Crippen MR) is 94.6 cm³/mol. The molecule has 3 rings (SSSR count). The van der Waals surface area contributed by atoms with E-state index >= 15 is 0 Å². The van der Waals surface area contributed by atoms with Crippen LogP contribution in [-0.2, 0) is 9.53 Å². The van der Waals surface area contributed by atoms with E-state index in [1.165, 1.54) is 24.3 Å². The molecule has 1 aromatic carbocycles. The summed E-state index contributed by atoms with van der Waals surface area (Å²) in [6.45, 7) is 7.09. The van der Waals surface area contributed by atoms with Gasteiger partial charge in [-0.2, -0.15) is 0 Å². The molecule has 1 amide bonds. The molecule has 2 fully saturated rings. The van der Waals surface area contributed by atoms with Crippen molar-refractivity contribution in [3.8, 4) is 0 Å². The van der Waals surface area contributed by atoms with Gasteiger partial charge in [-0.1, -0.05) is 20.8 Å². The highest BCUT2D eigenvalue weighted by molar-refractivity contribution is 5.91. The minimum absolute atomic E-state index is 0.0992. The molecule has 7 heteroatoms. The predicted octanol–water partition coefficient (Wildman–Crippen LogP) is 3.18. The smallest absolute Gasteiger partial charge is 0.338 e. The Balaban J connectivity index is 1.59. The summed E-state index contributed by atoms with van der Waals surface area (Å²) < 4.78 is 5.14. The fraction of sp³-hybridized carbons (Fsp3) is 0.579. The van der Waals surface area contributed by atoms with Gasteiger partial charge in [-0.15, -0.1) is 0 Å².